The first-order valence-electron chi connectivity index (χ1n) is 2.53. The summed E-state index contributed by atoms with van der Waals surface area (Å²) in [5.41, 5.74) is 0. The zero-order valence-electron chi connectivity index (χ0n) is 3.96. The summed E-state index contributed by atoms with van der Waals surface area (Å²) in [7, 11) is 2.11. The van der Waals surface area contributed by atoms with Crippen LogP contribution in [0.4, 0.5) is 0 Å². The van der Waals surface area contributed by atoms with E-state index in [2.05, 4.69) is 7.28 Å². The van der Waals surface area contributed by atoms with Crippen LogP contribution >= 0.6 is 0 Å². The van der Waals surface area contributed by atoms with E-state index < -0.39 is 0 Å². The first-order valence-corrected chi connectivity index (χ1v) is 2.53. The summed E-state index contributed by atoms with van der Waals surface area (Å²) in [6, 6.07) is 0.875. The van der Waals surface area contributed by atoms with Gasteiger partial charge in [0.15, 0.2) is 7.28 Å². The summed E-state index contributed by atoms with van der Waals surface area (Å²) in [5.74, 6) is 0. The summed E-state index contributed by atoms with van der Waals surface area (Å²) in [6.07, 6.45) is 0. The van der Waals surface area contributed by atoms with Crippen LogP contribution in [0.2, 0.25) is 0 Å². The minimum atomic E-state index is 0. The second kappa shape index (κ2) is 3.23. The van der Waals surface area contributed by atoms with Gasteiger partial charge in [-0.15, -0.1) is 0 Å². The van der Waals surface area contributed by atoms with E-state index in [0.29, 0.717) is 12.0 Å². The molecule has 0 aromatic heterocycles. The van der Waals surface area contributed by atoms with Gasteiger partial charge in [0.05, 0.1) is 25.2 Å². The molecule has 2 heterocycles. The van der Waals surface area contributed by atoms with Gasteiger partial charge in [-0.1, -0.05) is 14.9 Å². The zero-order chi connectivity index (χ0) is 4.69. The van der Waals surface area contributed by atoms with Crippen molar-refractivity contribution < 1.29 is 9.47 Å². The Kier molecular flexibility index (Phi) is 3.22. The lowest BCUT2D eigenvalue weighted by Gasteiger charge is -1.76. The van der Waals surface area contributed by atoms with E-state index >= 15 is 0 Å². The van der Waals surface area contributed by atoms with Gasteiger partial charge in [-0.2, -0.15) is 0 Å². The van der Waals surface area contributed by atoms with Crippen molar-refractivity contribution >= 4 is 7.28 Å². The fraction of sp³-hybridized carbons (Fsp3) is 1.00. The van der Waals surface area contributed by atoms with Gasteiger partial charge in [-0.25, -0.2) is 0 Å². The minimum absolute atomic E-state index is 0. The lowest BCUT2D eigenvalue weighted by atomic mass is 9.71. The smallest absolute Gasteiger partial charge is 0.194 e. The molecule has 2 aliphatic rings. The van der Waals surface area contributed by atoms with Crippen LogP contribution in [-0.2, 0) is 9.47 Å². The lowest BCUT2D eigenvalue weighted by Crippen LogP contribution is -2.07. The van der Waals surface area contributed by atoms with Crippen LogP contribution in [0, 0.1) is 0 Å². The highest BCUT2D eigenvalue weighted by molar-refractivity contribution is 6.40. The highest BCUT2D eigenvalue weighted by atomic mass is 16.6. The number of hydrogen-bond acceptors (Lipinski definition) is 2. The molecule has 0 aliphatic carbocycles. The molecule has 0 aromatic carbocycles. The maximum atomic E-state index is 4.92. The van der Waals surface area contributed by atoms with Crippen LogP contribution in [0.25, 0.3) is 0 Å². The van der Waals surface area contributed by atoms with E-state index in [0.717, 1.165) is 13.2 Å². The molecular weight excluding hydrogens is 115 g/mol. The largest absolute Gasteiger partial charge is 0.383 e. The minimum Gasteiger partial charge on any atom is -0.383 e. The number of ether oxygens (including phenoxy) is 2. The van der Waals surface area contributed by atoms with Crippen LogP contribution in [0.1, 0.15) is 14.9 Å². The Hall–Kier alpha value is -0.0151. The van der Waals surface area contributed by atoms with Gasteiger partial charge in [-0.3, -0.25) is 0 Å². The number of hydrogen-bond donors (Lipinski definition) is 0. The molecule has 3 heteroatoms. The summed E-state index contributed by atoms with van der Waals surface area (Å²) in [5, 5.41) is 0. The average molecular weight is 129 g/mol. The molecule has 2 unspecified atom stereocenters. The molecule has 0 spiro atoms. The van der Waals surface area contributed by atoms with Crippen molar-refractivity contribution in [2.45, 2.75) is 26.9 Å². The van der Waals surface area contributed by atoms with Gasteiger partial charge in [0.2, 0.25) is 0 Å². The van der Waals surface area contributed by atoms with Gasteiger partial charge in [0.1, 0.15) is 0 Å². The van der Waals surface area contributed by atoms with E-state index in [9.17, 15) is 0 Å². The summed E-state index contributed by atoms with van der Waals surface area (Å²) in [6.45, 7) is 1.83. The Labute approximate surface area is 57.8 Å². The molecule has 0 N–H and O–H groups in total. The van der Waals surface area contributed by atoms with E-state index in [1.165, 1.54) is 0 Å². The van der Waals surface area contributed by atoms with E-state index in [-0.39, 0.29) is 14.9 Å². The Balaban J connectivity index is 0.000000320. The monoisotopic (exact) mass is 129 g/mol. The Bertz CT molecular complexity index is 69.1. The summed E-state index contributed by atoms with van der Waals surface area (Å²) < 4.78 is 9.85. The quantitative estimate of drug-likeness (QED) is 0.404. The fourth-order valence-corrected chi connectivity index (χ4v) is 0.573. The third kappa shape index (κ3) is 2.87. The lowest BCUT2D eigenvalue weighted by molar-refractivity contribution is 0.436. The van der Waals surface area contributed by atoms with Crippen molar-refractivity contribution in [1.82, 2.24) is 0 Å². The van der Waals surface area contributed by atoms with Crippen molar-refractivity contribution in [3.05, 3.63) is 0 Å². The molecule has 0 amide bonds. The molecule has 0 bridgehead atoms. The van der Waals surface area contributed by atoms with Crippen molar-refractivity contribution in [2.24, 2.45) is 0 Å². The fourth-order valence-electron chi connectivity index (χ4n) is 0.573. The number of epoxide rings is 2. The average Bonchev–Trinajstić information content (AvgIpc) is 2.33. The highest BCUT2D eigenvalue weighted by Gasteiger charge is 2.34. The van der Waals surface area contributed by atoms with E-state index in [4.69, 9.17) is 9.47 Å². The van der Waals surface area contributed by atoms with Crippen LogP contribution in [0.3, 0.4) is 0 Å². The molecule has 2 nitrogen and oxygen atoms in total. The predicted octanol–water partition coefficient (Wildman–Crippen LogP) is 0.675. The molecule has 0 aromatic rings. The first-order chi connectivity index (χ1) is 3.45. The third-order valence-electron chi connectivity index (χ3n) is 1.15. The maximum absolute atomic E-state index is 4.92. The molecule has 2 atom stereocenters. The third-order valence-corrected chi connectivity index (χ3v) is 1.15. The Morgan fingerprint density at radius 2 is 1.33 bits per heavy atom. The summed E-state index contributed by atoms with van der Waals surface area (Å²) in [4.78, 5) is 0. The van der Waals surface area contributed by atoms with Gasteiger partial charge in [0.25, 0.3) is 0 Å². The first kappa shape index (κ1) is 8.98. The van der Waals surface area contributed by atoms with Crippen molar-refractivity contribution in [3.8, 4) is 0 Å². The van der Waals surface area contributed by atoms with E-state index in [1.807, 2.05) is 0 Å². The molecule has 53 valence electrons. The van der Waals surface area contributed by atoms with Gasteiger partial charge in [0, 0.05) is 0 Å². The van der Waals surface area contributed by atoms with Crippen molar-refractivity contribution in [1.29, 1.82) is 0 Å². The van der Waals surface area contributed by atoms with Gasteiger partial charge >= 0.3 is 0 Å². The molecular formula is C6H14BO2. The zero-order valence-corrected chi connectivity index (χ0v) is 3.96. The maximum Gasteiger partial charge on any atom is 0.194 e. The number of rotatable bonds is 2. The van der Waals surface area contributed by atoms with Crippen LogP contribution in [0.5, 0.6) is 0 Å². The highest BCUT2D eigenvalue weighted by Crippen LogP contribution is 2.15. The molecule has 1 radical (unpaired) electrons. The second-order valence-electron chi connectivity index (χ2n) is 1.94. The second-order valence-corrected chi connectivity index (χ2v) is 1.94. The Morgan fingerprint density at radius 3 is 1.56 bits per heavy atom. The topological polar surface area (TPSA) is 25.1 Å². The van der Waals surface area contributed by atoms with Crippen molar-refractivity contribution in [3.63, 3.8) is 0 Å². The Morgan fingerprint density at radius 1 is 1.00 bits per heavy atom. The molecule has 2 rings (SSSR count). The van der Waals surface area contributed by atoms with Crippen molar-refractivity contribution in [2.75, 3.05) is 13.2 Å². The van der Waals surface area contributed by atoms with Gasteiger partial charge in [-0.05, 0) is 0 Å². The molecule has 9 heavy (non-hydrogen) atoms. The normalized spacial score (nSPS) is 35.6. The van der Waals surface area contributed by atoms with Gasteiger partial charge < -0.3 is 9.47 Å². The molecule has 0 saturated carbocycles. The molecule has 2 aliphatic heterocycles. The van der Waals surface area contributed by atoms with Crippen LogP contribution in [0.15, 0.2) is 0 Å². The molecule has 2 saturated heterocycles. The standard InChI is InChI=1S/C4H6BO2.2CH4/c1-3(6-1)5-4-2-7-4;;/h3-4H,1-2H2;2*1H4. The van der Waals surface area contributed by atoms with Crippen LogP contribution < -0.4 is 0 Å². The SMILES string of the molecule is C.C.[B](C1CO1)C1CO1. The van der Waals surface area contributed by atoms with E-state index in [1.54, 1.807) is 0 Å². The summed E-state index contributed by atoms with van der Waals surface area (Å²) >= 11 is 0. The predicted molar refractivity (Wildman–Crippen MR) is 38.7 cm³/mol. The molecule has 2 fully saturated rings. The van der Waals surface area contributed by atoms with Crippen LogP contribution in [-0.4, -0.2) is 32.5 Å².